The molecule has 0 amide bonds. The second-order valence-corrected chi connectivity index (χ2v) is 31.3. The zero-order chi connectivity index (χ0) is 68.9. The van der Waals surface area contributed by atoms with Gasteiger partial charge < -0.3 is 33.8 Å². The topological polar surface area (TPSA) is 237 Å². The number of aliphatic hydroxyl groups excluding tert-OH is 1. The largest absolute Gasteiger partial charge is 0.472 e. The summed E-state index contributed by atoms with van der Waals surface area (Å²) in [5, 5.41) is 10.6. The normalized spacial score (nSPS) is 14.5. The van der Waals surface area contributed by atoms with E-state index in [9.17, 15) is 43.2 Å². The van der Waals surface area contributed by atoms with Crippen molar-refractivity contribution in [3.63, 3.8) is 0 Å². The second-order valence-electron chi connectivity index (χ2n) is 28.4. The zero-order valence-corrected chi connectivity index (χ0v) is 62.7. The molecule has 0 saturated heterocycles. The van der Waals surface area contributed by atoms with Crippen LogP contribution in [0.3, 0.4) is 0 Å². The lowest BCUT2D eigenvalue weighted by Gasteiger charge is -2.21. The summed E-state index contributed by atoms with van der Waals surface area (Å²) in [5.41, 5.74) is 0. The molecule has 17 nitrogen and oxygen atoms in total. The molecule has 4 unspecified atom stereocenters. The first kappa shape index (κ1) is 91.1. The number of carbonyl (C=O) groups is 4. The zero-order valence-electron chi connectivity index (χ0n) is 60.9. The maximum Gasteiger partial charge on any atom is 0.472 e. The summed E-state index contributed by atoms with van der Waals surface area (Å²) in [6.45, 7) is 14.1. The van der Waals surface area contributed by atoms with Crippen LogP contribution in [0, 0.1) is 23.7 Å². The predicted octanol–water partition coefficient (Wildman–Crippen LogP) is 21.3. The molecule has 0 aliphatic carbocycles. The van der Waals surface area contributed by atoms with Crippen LogP contribution in [0.25, 0.3) is 0 Å². The van der Waals surface area contributed by atoms with E-state index in [1.54, 1.807) is 0 Å². The highest BCUT2D eigenvalue weighted by Crippen LogP contribution is 2.45. The summed E-state index contributed by atoms with van der Waals surface area (Å²) in [4.78, 5) is 72.7. The van der Waals surface area contributed by atoms with Gasteiger partial charge in [0.2, 0.25) is 0 Å². The van der Waals surface area contributed by atoms with Gasteiger partial charge in [0.1, 0.15) is 19.3 Å². The standard InChI is InChI=1S/C74H144O17P2/c1-9-67(8)53-45-37-29-20-16-12-10-11-13-17-21-31-40-48-56-73(78)90-69(60-84-71(76)54-46-38-30-24-23-27-35-43-51-65(4)5)62-88-92(80,81)86-58-68(75)59-87-93(82,83)89-63-70(61-85-72(77)55-47-39-33-25-28-36-44-52-66(6)7)91-74(79)57-49-41-32-22-18-14-15-19-26-34-42-50-64(2)3/h64-70,75H,9-63H2,1-8H3,(H,80,81)(H,82,83)/t67?,68?,69-,70-/m1/s1. The second kappa shape index (κ2) is 63.5. The van der Waals surface area contributed by atoms with E-state index in [2.05, 4.69) is 55.4 Å². The number of unbranched alkanes of at least 4 members (excludes halogenated alkanes) is 36. The summed E-state index contributed by atoms with van der Waals surface area (Å²) in [7, 11) is -9.91. The molecule has 552 valence electrons. The molecule has 6 atom stereocenters. The van der Waals surface area contributed by atoms with Crippen molar-refractivity contribution in [2.45, 2.75) is 388 Å². The lowest BCUT2D eigenvalue weighted by Crippen LogP contribution is -2.30. The minimum atomic E-state index is -4.96. The smallest absolute Gasteiger partial charge is 0.462 e. The maximum atomic E-state index is 13.1. The molecule has 0 rings (SSSR count). The minimum absolute atomic E-state index is 0.105. The fraction of sp³-hybridized carbons (Fsp3) is 0.946. The van der Waals surface area contributed by atoms with Gasteiger partial charge in [-0.1, -0.05) is 319 Å². The van der Waals surface area contributed by atoms with E-state index in [0.29, 0.717) is 31.6 Å². The Kier molecular flexibility index (Phi) is 62.2. The van der Waals surface area contributed by atoms with Gasteiger partial charge >= 0.3 is 39.5 Å². The van der Waals surface area contributed by atoms with Crippen molar-refractivity contribution in [3.8, 4) is 0 Å². The molecule has 0 aromatic heterocycles. The van der Waals surface area contributed by atoms with Crippen LogP contribution in [-0.2, 0) is 65.4 Å². The first-order chi connectivity index (χ1) is 44.6. The van der Waals surface area contributed by atoms with Crippen LogP contribution in [0.2, 0.25) is 0 Å². The van der Waals surface area contributed by atoms with Crippen molar-refractivity contribution in [2.75, 3.05) is 39.6 Å². The molecular formula is C74H144O17P2. The van der Waals surface area contributed by atoms with E-state index in [4.69, 9.17) is 37.0 Å². The van der Waals surface area contributed by atoms with Gasteiger partial charge in [0.05, 0.1) is 26.4 Å². The molecule has 0 aromatic rings. The van der Waals surface area contributed by atoms with Crippen molar-refractivity contribution in [1.29, 1.82) is 0 Å². The van der Waals surface area contributed by atoms with E-state index < -0.39 is 97.5 Å². The molecule has 0 aliphatic rings. The van der Waals surface area contributed by atoms with Crippen molar-refractivity contribution in [2.24, 2.45) is 23.7 Å². The highest BCUT2D eigenvalue weighted by molar-refractivity contribution is 7.47. The van der Waals surface area contributed by atoms with E-state index in [0.717, 1.165) is 114 Å². The van der Waals surface area contributed by atoms with E-state index in [1.165, 1.54) is 167 Å². The highest BCUT2D eigenvalue weighted by Gasteiger charge is 2.30. The lowest BCUT2D eigenvalue weighted by molar-refractivity contribution is -0.161. The fourth-order valence-corrected chi connectivity index (χ4v) is 12.7. The Labute approximate surface area is 568 Å². The average molecular weight is 1370 g/mol. The van der Waals surface area contributed by atoms with Crippen molar-refractivity contribution in [1.82, 2.24) is 0 Å². The van der Waals surface area contributed by atoms with Gasteiger partial charge in [-0.05, 0) is 49.4 Å². The van der Waals surface area contributed by atoms with Crippen LogP contribution < -0.4 is 0 Å². The molecule has 93 heavy (non-hydrogen) atoms. The van der Waals surface area contributed by atoms with Crippen LogP contribution in [0.15, 0.2) is 0 Å². The Morgan fingerprint density at radius 3 is 0.763 bits per heavy atom. The fourth-order valence-electron chi connectivity index (χ4n) is 11.2. The van der Waals surface area contributed by atoms with Crippen molar-refractivity contribution >= 4 is 39.5 Å². The van der Waals surface area contributed by atoms with E-state index in [-0.39, 0.29) is 25.7 Å². The number of hydrogen-bond donors (Lipinski definition) is 3. The molecule has 0 fully saturated rings. The van der Waals surface area contributed by atoms with Gasteiger partial charge in [-0.2, -0.15) is 0 Å². The number of aliphatic hydroxyl groups is 1. The Morgan fingerprint density at radius 2 is 0.516 bits per heavy atom. The average Bonchev–Trinajstić information content (AvgIpc) is 3.73. The first-order valence-corrected chi connectivity index (χ1v) is 41.2. The van der Waals surface area contributed by atoms with E-state index in [1.807, 2.05) is 0 Å². The maximum absolute atomic E-state index is 13.1. The molecule has 0 spiro atoms. The van der Waals surface area contributed by atoms with Gasteiger partial charge in [0.25, 0.3) is 0 Å². The van der Waals surface area contributed by atoms with Gasteiger partial charge in [0.15, 0.2) is 12.2 Å². The summed E-state index contributed by atoms with van der Waals surface area (Å²) >= 11 is 0. The minimum Gasteiger partial charge on any atom is -0.462 e. The van der Waals surface area contributed by atoms with Crippen molar-refractivity contribution in [3.05, 3.63) is 0 Å². The monoisotopic (exact) mass is 1370 g/mol. The third-order valence-electron chi connectivity index (χ3n) is 17.4. The lowest BCUT2D eigenvalue weighted by atomic mass is 9.99. The summed E-state index contributed by atoms with van der Waals surface area (Å²) < 4.78 is 68.4. The molecular weight excluding hydrogens is 1220 g/mol. The Balaban J connectivity index is 5.24. The molecule has 0 saturated carbocycles. The summed E-state index contributed by atoms with van der Waals surface area (Å²) in [6.07, 6.45) is 47.2. The quantitative estimate of drug-likeness (QED) is 0.0222. The number of carbonyl (C=O) groups excluding carboxylic acids is 4. The van der Waals surface area contributed by atoms with Crippen molar-refractivity contribution < 1.29 is 80.2 Å². The van der Waals surface area contributed by atoms with Crippen LogP contribution in [0.4, 0.5) is 0 Å². The van der Waals surface area contributed by atoms with Crippen LogP contribution in [0.1, 0.15) is 370 Å². The third-order valence-corrected chi connectivity index (χ3v) is 19.3. The van der Waals surface area contributed by atoms with Gasteiger partial charge in [-0.15, -0.1) is 0 Å². The third kappa shape index (κ3) is 67.0. The van der Waals surface area contributed by atoms with Gasteiger partial charge in [-0.25, -0.2) is 9.13 Å². The van der Waals surface area contributed by atoms with Crippen LogP contribution in [-0.4, -0.2) is 96.7 Å². The molecule has 3 N–H and O–H groups in total. The molecule has 0 radical (unpaired) electrons. The molecule has 0 aliphatic heterocycles. The van der Waals surface area contributed by atoms with Gasteiger partial charge in [0, 0.05) is 25.7 Å². The Hall–Kier alpha value is -1.94. The summed E-state index contributed by atoms with van der Waals surface area (Å²) in [6, 6.07) is 0. The number of esters is 4. The summed E-state index contributed by atoms with van der Waals surface area (Å²) in [5.74, 6) is 0.918. The highest BCUT2D eigenvalue weighted by atomic mass is 31.2. The van der Waals surface area contributed by atoms with Crippen LogP contribution >= 0.6 is 15.6 Å². The first-order valence-electron chi connectivity index (χ1n) is 38.2. The Morgan fingerprint density at radius 1 is 0.301 bits per heavy atom. The molecule has 19 heteroatoms. The predicted molar refractivity (Wildman–Crippen MR) is 377 cm³/mol. The number of phosphoric ester groups is 2. The SMILES string of the molecule is CCC(C)CCCCCCCCCCCCCCCCC(=O)O[C@H](COC(=O)CCCCCCCCCCC(C)C)COP(=O)(O)OCC(O)COP(=O)(O)OC[C@@H](COC(=O)CCCCCCCCCC(C)C)OC(=O)CCCCCCCCCCCCCC(C)C. The number of phosphoric acid groups is 2. The molecule has 0 heterocycles. The Bertz CT molecular complexity index is 1840. The number of rotatable bonds is 71. The number of hydrogen-bond acceptors (Lipinski definition) is 15. The molecule has 0 aromatic carbocycles. The van der Waals surface area contributed by atoms with E-state index >= 15 is 0 Å². The van der Waals surface area contributed by atoms with Gasteiger partial charge in [-0.3, -0.25) is 37.3 Å². The van der Waals surface area contributed by atoms with Crippen LogP contribution in [0.5, 0.6) is 0 Å². The number of ether oxygens (including phenoxy) is 4. The molecule has 0 bridgehead atoms.